The van der Waals surface area contributed by atoms with E-state index in [0.29, 0.717) is 6.54 Å². The molecule has 2 heterocycles. The Kier molecular flexibility index (Phi) is 2.53. The third kappa shape index (κ3) is 1.85. The highest BCUT2D eigenvalue weighted by atomic mass is 19.1. The van der Waals surface area contributed by atoms with Gasteiger partial charge in [0, 0.05) is 26.2 Å². The monoisotopic (exact) mass is 189 g/mol. The number of hydrogen-bond donors (Lipinski definition) is 1. The SMILES string of the molecule is OC(CF)CN1CC2(CCCO2)C1. The van der Waals surface area contributed by atoms with Gasteiger partial charge in [0.1, 0.15) is 6.67 Å². The summed E-state index contributed by atoms with van der Waals surface area (Å²) in [6, 6.07) is 0. The van der Waals surface area contributed by atoms with Crippen molar-refractivity contribution in [3.05, 3.63) is 0 Å². The highest BCUT2D eigenvalue weighted by Gasteiger charge is 2.46. The van der Waals surface area contributed by atoms with Crippen molar-refractivity contribution in [3.63, 3.8) is 0 Å². The summed E-state index contributed by atoms with van der Waals surface area (Å²) < 4.78 is 17.6. The highest BCUT2D eigenvalue weighted by Crippen LogP contribution is 2.34. The predicted octanol–water partition coefficient (Wildman–Crippen LogP) is 0.182. The molecule has 2 aliphatic rings. The number of likely N-dealkylation sites (tertiary alicyclic amines) is 1. The molecule has 76 valence electrons. The molecule has 0 saturated carbocycles. The quantitative estimate of drug-likeness (QED) is 0.687. The van der Waals surface area contributed by atoms with Crippen molar-refractivity contribution in [3.8, 4) is 0 Å². The second-order valence-electron chi connectivity index (χ2n) is 4.11. The van der Waals surface area contributed by atoms with Gasteiger partial charge in [-0.3, -0.25) is 4.90 Å². The number of halogens is 1. The minimum absolute atomic E-state index is 0.0655. The van der Waals surface area contributed by atoms with Crippen molar-refractivity contribution in [2.24, 2.45) is 0 Å². The third-order valence-electron chi connectivity index (χ3n) is 2.86. The third-order valence-corrected chi connectivity index (χ3v) is 2.86. The molecule has 0 aliphatic carbocycles. The van der Waals surface area contributed by atoms with Crippen molar-refractivity contribution >= 4 is 0 Å². The standard InChI is InChI=1S/C9H16FNO2/c10-4-8(12)5-11-6-9(7-11)2-1-3-13-9/h8,12H,1-7H2. The smallest absolute Gasteiger partial charge is 0.117 e. The highest BCUT2D eigenvalue weighted by molar-refractivity contribution is 4.99. The van der Waals surface area contributed by atoms with Crippen LogP contribution in [0.5, 0.6) is 0 Å². The van der Waals surface area contributed by atoms with Crippen LogP contribution in [0.4, 0.5) is 4.39 Å². The van der Waals surface area contributed by atoms with Crippen LogP contribution in [0.3, 0.4) is 0 Å². The van der Waals surface area contributed by atoms with Crippen LogP contribution in [0.2, 0.25) is 0 Å². The Morgan fingerprint density at radius 3 is 2.85 bits per heavy atom. The lowest BCUT2D eigenvalue weighted by molar-refractivity contribution is -0.120. The fourth-order valence-corrected chi connectivity index (χ4v) is 2.25. The Hall–Kier alpha value is -0.190. The second kappa shape index (κ2) is 3.52. The van der Waals surface area contributed by atoms with Crippen LogP contribution in [0.25, 0.3) is 0 Å². The fraction of sp³-hybridized carbons (Fsp3) is 1.00. The maximum absolute atomic E-state index is 12.0. The van der Waals surface area contributed by atoms with Gasteiger partial charge < -0.3 is 9.84 Å². The van der Waals surface area contributed by atoms with Crippen molar-refractivity contribution in [1.82, 2.24) is 4.90 Å². The van der Waals surface area contributed by atoms with Crippen molar-refractivity contribution < 1.29 is 14.2 Å². The number of aliphatic hydroxyl groups is 1. The lowest BCUT2D eigenvalue weighted by atomic mass is 9.91. The van der Waals surface area contributed by atoms with Gasteiger partial charge in [0.15, 0.2) is 0 Å². The van der Waals surface area contributed by atoms with Crippen LogP contribution in [0, 0.1) is 0 Å². The van der Waals surface area contributed by atoms with Gasteiger partial charge in [0.05, 0.1) is 11.7 Å². The molecule has 1 atom stereocenters. The summed E-state index contributed by atoms with van der Waals surface area (Å²) in [5.41, 5.74) is 0.0655. The van der Waals surface area contributed by atoms with Gasteiger partial charge >= 0.3 is 0 Å². The van der Waals surface area contributed by atoms with Gasteiger partial charge in [0.25, 0.3) is 0 Å². The van der Waals surface area contributed by atoms with Gasteiger partial charge in [-0.2, -0.15) is 0 Å². The predicted molar refractivity (Wildman–Crippen MR) is 46.3 cm³/mol. The zero-order chi connectivity index (χ0) is 9.31. The Morgan fingerprint density at radius 2 is 2.31 bits per heavy atom. The van der Waals surface area contributed by atoms with Crippen LogP contribution in [0.15, 0.2) is 0 Å². The average Bonchev–Trinajstić information content (AvgIpc) is 2.52. The molecule has 0 amide bonds. The minimum Gasteiger partial charge on any atom is -0.389 e. The van der Waals surface area contributed by atoms with E-state index in [2.05, 4.69) is 4.90 Å². The Morgan fingerprint density at radius 1 is 1.54 bits per heavy atom. The van der Waals surface area contributed by atoms with E-state index >= 15 is 0 Å². The van der Waals surface area contributed by atoms with Crippen LogP contribution in [0.1, 0.15) is 12.8 Å². The molecule has 0 bridgehead atoms. The molecule has 0 radical (unpaired) electrons. The molecule has 0 aromatic carbocycles. The van der Waals surface area contributed by atoms with E-state index < -0.39 is 12.8 Å². The number of aliphatic hydroxyl groups excluding tert-OH is 1. The number of rotatable bonds is 3. The van der Waals surface area contributed by atoms with E-state index in [-0.39, 0.29) is 5.60 Å². The molecule has 0 aromatic heterocycles. The fourth-order valence-electron chi connectivity index (χ4n) is 2.25. The van der Waals surface area contributed by atoms with E-state index in [0.717, 1.165) is 32.5 Å². The molecule has 1 spiro atoms. The summed E-state index contributed by atoms with van der Waals surface area (Å²) in [7, 11) is 0. The van der Waals surface area contributed by atoms with Crippen LogP contribution < -0.4 is 0 Å². The molecule has 2 aliphatic heterocycles. The Labute approximate surface area is 77.5 Å². The summed E-state index contributed by atoms with van der Waals surface area (Å²) in [6.45, 7) is 2.39. The lowest BCUT2D eigenvalue weighted by Crippen LogP contribution is -2.62. The topological polar surface area (TPSA) is 32.7 Å². The molecule has 2 rings (SSSR count). The first-order chi connectivity index (χ1) is 6.24. The van der Waals surface area contributed by atoms with Gasteiger partial charge in [-0.15, -0.1) is 0 Å². The number of alkyl halides is 1. The zero-order valence-electron chi connectivity index (χ0n) is 7.71. The van der Waals surface area contributed by atoms with E-state index in [1.807, 2.05) is 0 Å². The molecule has 1 unspecified atom stereocenters. The maximum atomic E-state index is 12.0. The molecule has 1 N–H and O–H groups in total. The Bertz CT molecular complexity index is 174. The van der Waals surface area contributed by atoms with Crippen molar-refractivity contribution in [1.29, 1.82) is 0 Å². The van der Waals surface area contributed by atoms with E-state index in [1.165, 1.54) is 0 Å². The number of β-amino-alcohol motifs (C(OH)–C–C–N with tert-alkyl or cyclic N) is 1. The van der Waals surface area contributed by atoms with E-state index in [4.69, 9.17) is 9.84 Å². The molecular formula is C9H16FNO2. The average molecular weight is 189 g/mol. The van der Waals surface area contributed by atoms with Crippen LogP contribution in [-0.2, 0) is 4.74 Å². The normalized spacial score (nSPS) is 29.1. The van der Waals surface area contributed by atoms with Gasteiger partial charge in [-0.05, 0) is 12.8 Å². The number of ether oxygens (including phenoxy) is 1. The molecule has 3 nitrogen and oxygen atoms in total. The first kappa shape index (κ1) is 9.37. The summed E-state index contributed by atoms with van der Waals surface area (Å²) in [5, 5.41) is 9.07. The molecule has 4 heteroatoms. The summed E-state index contributed by atoms with van der Waals surface area (Å²) in [6.07, 6.45) is 1.44. The molecule has 0 aromatic rings. The Balaban J connectivity index is 1.71. The van der Waals surface area contributed by atoms with E-state index in [9.17, 15) is 4.39 Å². The number of hydrogen-bond acceptors (Lipinski definition) is 3. The first-order valence-corrected chi connectivity index (χ1v) is 4.84. The summed E-state index contributed by atoms with van der Waals surface area (Å²) >= 11 is 0. The van der Waals surface area contributed by atoms with Gasteiger partial charge in [-0.1, -0.05) is 0 Å². The number of nitrogens with zero attached hydrogens (tertiary/aromatic N) is 1. The lowest BCUT2D eigenvalue weighted by Gasteiger charge is -2.47. The largest absolute Gasteiger partial charge is 0.389 e. The second-order valence-corrected chi connectivity index (χ2v) is 4.11. The van der Waals surface area contributed by atoms with Crippen molar-refractivity contribution in [2.45, 2.75) is 24.5 Å². The maximum Gasteiger partial charge on any atom is 0.117 e. The molecular weight excluding hydrogens is 173 g/mol. The zero-order valence-corrected chi connectivity index (χ0v) is 7.71. The van der Waals surface area contributed by atoms with Gasteiger partial charge in [-0.25, -0.2) is 4.39 Å². The summed E-state index contributed by atoms with van der Waals surface area (Å²) in [5.74, 6) is 0. The minimum atomic E-state index is -0.821. The van der Waals surface area contributed by atoms with Gasteiger partial charge in [0.2, 0.25) is 0 Å². The molecule has 2 fully saturated rings. The van der Waals surface area contributed by atoms with Crippen LogP contribution in [-0.4, -0.2) is 54.6 Å². The van der Waals surface area contributed by atoms with Crippen LogP contribution >= 0.6 is 0 Å². The summed E-state index contributed by atoms with van der Waals surface area (Å²) in [4.78, 5) is 2.05. The molecule has 2 saturated heterocycles. The first-order valence-electron chi connectivity index (χ1n) is 4.84. The van der Waals surface area contributed by atoms with Crippen molar-refractivity contribution in [2.75, 3.05) is 32.9 Å². The molecule has 13 heavy (non-hydrogen) atoms. The van der Waals surface area contributed by atoms with E-state index in [1.54, 1.807) is 0 Å².